The van der Waals surface area contributed by atoms with Crippen molar-refractivity contribution < 1.29 is 23.2 Å². The lowest BCUT2D eigenvalue weighted by Crippen LogP contribution is -2.41. The minimum atomic E-state index is -3.90. The number of morpholine rings is 1. The second kappa shape index (κ2) is 6.87. The van der Waals surface area contributed by atoms with Crippen molar-refractivity contribution in [1.29, 1.82) is 0 Å². The van der Waals surface area contributed by atoms with Crippen molar-refractivity contribution in [3.05, 3.63) is 28.3 Å². The Hall–Kier alpha value is -1.75. The van der Waals surface area contributed by atoms with Gasteiger partial charge < -0.3 is 14.7 Å². The second-order valence-corrected chi connectivity index (χ2v) is 8.22. The van der Waals surface area contributed by atoms with Crippen LogP contribution in [0.2, 0.25) is 0 Å². The fraction of sp³-hybridized carbons (Fsp3) is 0.600. The molecule has 0 aromatic heterocycles. The molecule has 3 rings (SSSR count). The predicted molar refractivity (Wildman–Crippen MR) is 90.1 cm³/mol. The molecule has 138 valence electrons. The van der Waals surface area contributed by atoms with E-state index >= 15 is 0 Å². The largest absolute Gasteiger partial charge is 0.391 e. The maximum absolute atomic E-state index is 13.1. The quantitative estimate of drug-likeness (QED) is 0.608. The van der Waals surface area contributed by atoms with Gasteiger partial charge in [-0.2, -0.15) is 4.31 Å². The summed E-state index contributed by atoms with van der Waals surface area (Å²) in [5.41, 5.74) is 0.115. The van der Waals surface area contributed by atoms with Gasteiger partial charge in [-0.15, -0.1) is 0 Å². The highest BCUT2D eigenvalue weighted by Crippen LogP contribution is 2.35. The van der Waals surface area contributed by atoms with Crippen LogP contribution in [0.5, 0.6) is 0 Å². The third-order valence-electron chi connectivity index (χ3n) is 4.60. The standard InChI is InChI=1S/C15H21N3O6S/c1-11-8-13(19)10-17(11)14-3-2-12(18(20)21)9-15(14)25(22,23)16-4-6-24-7-5-16/h2-3,9,11,13,19H,4-8,10H2,1H3/t11-,13-/m1/s1. The van der Waals surface area contributed by atoms with Crippen molar-refractivity contribution in [2.24, 2.45) is 0 Å². The van der Waals surface area contributed by atoms with E-state index in [1.165, 1.54) is 16.4 Å². The molecule has 0 unspecified atom stereocenters. The van der Waals surface area contributed by atoms with Gasteiger partial charge in [0.05, 0.1) is 29.9 Å². The van der Waals surface area contributed by atoms with E-state index in [0.29, 0.717) is 31.9 Å². The third kappa shape index (κ3) is 3.47. The molecule has 2 aliphatic heterocycles. The molecule has 0 amide bonds. The molecule has 0 saturated carbocycles. The van der Waals surface area contributed by atoms with Crippen molar-refractivity contribution in [2.75, 3.05) is 37.7 Å². The van der Waals surface area contributed by atoms with E-state index in [0.717, 1.165) is 6.07 Å². The van der Waals surface area contributed by atoms with Crippen LogP contribution in [0.15, 0.2) is 23.1 Å². The van der Waals surface area contributed by atoms with Gasteiger partial charge in [-0.3, -0.25) is 10.1 Å². The first-order valence-electron chi connectivity index (χ1n) is 8.11. The molecular weight excluding hydrogens is 350 g/mol. The smallest absolute Gasteiger partial charge is 0.270 e. The third-order valence-corrected chi connectivity index (χ3v) is 6.53. The number of nitro groups is 1. The molecule has 9 nitrogen and oxygen atoms in total. The minimum Gasteiger partial charge on any atom is -0.391 e. The van der Waals surface area contributed by atoms with Crippen molar-refractivity contribution in [1.82, 2.24) is 4.31 Å². The summed E-state index contributed by atoms with van der Waals surface area (Å²) in [6, 6.07) is 3.80. The van der Waals surface area contributed by atoms with Crippen LogP contribution in [-0.4, -0.2) is 67.7 Å². The molecule has 1 aromatic carbocycles. The van der Waals surface area contributed by atoms with E-state index < -0.39 is 21.1 Å². The summed E-state index contributed by atoms with van der Waals surface area (Å²) in [5.74, 6) is 0. The van der Waals surface area contributed by atoms with Crippen molar-refractivity contribution in [2.45, 2.75) is 30.4 Å². The van der Waals surface area contributed by atoms with Gasteiger partial charge in [0.1, 0.15) is 4.90 Å². The number of ether oxygens (including phenoxy) is 1. The number of nitro benzene ring substituents is 1. The van der Waals surface area contributed by atoms with Crippen LogP contribution < -0.4 is 4.90 Å². The molecule has 0 bridgehead atoms. The number of aliphatic hydroxyl groups is 1. The van der Waals surface area contributed by atoms with Crippen molar-refractivity contribution in [3.63, 3.8) is 0 Å². The van der Waals surface area contributed by atoms with Crippen LogP contribution in [0.3, 0.4) is 0 Å². The number of benzene rings is 1. The highest BCUT2D eigenvalue weighted by Gasteiger charge is 2.35. The summed E-state index contributed by atoms with van der Waals surface area (Å²) in [6.07, 6.45) is -0.0299. The summed E-state index contributed by atoms with van der Waals surface area (Å²) in [4.78, 5) is 12.2. The lowest BCUT2D eigenvalue weighted by Gasteiger charge is -2.30. The Balaban J connectivity index is 2.08. The molecule has 1 aromatic rings. The average Bonchev–Trinajstić information content (AvgIpc) is 2.93. The molecule has 2 heterocycles. The van der Waals surface area contributed by atoms with Gasteiger partial charge >= 0.3 is 0 Å². The van der Waals surface area contributed by atoms with Gasteiger partial charge in [0.25, 0.3) is 5.69 Å². The molecule has 2 aliphatic rings. The number of hydrogen-bond acceptors (Lipinski definition) is 7. The molecule has 0 aliphatic carbocycles. The topological polar surface area (TPSA) is 113 Å². The number of non-ortho nitro benzene ring substituents is 1. The van der Waals surface area contributed by atoms with Gasteiger partial charge in [-0.05, 0) is 19.4 Å². The monoisotopic (exact) mass is 371 g/mol. The van der Waals surface area contributed by atoms with Gasteiger partial charge in [0.15, 0.2) is 0 Å². The molecule has 0 radical (unpaired) electrons. The zero-order valence-electron chi connectivity index (χ0n) is 13.9. The maximum atomic E-state index is 13.1. The number of nitrogens with zero attached hydrogens (tertiary/aromatic N) is 3. The van der Waals surface area contributed by atoms with Crippen LogP contribution >= 0.6 is 0 Å². The molecule has 0 spiro atoms. The molecule has 25 heavy (non-hydrogen) atoms. The van der Waals surface area contributed by atoms with E-state index in [4.69, 9.17) is 4.74 Å². The summed E-state index contributed by atoms with van der Waals surface area (Å²) < 4.78 is 32.7. The number of hydrogen-bond donors (Lipinski definition) is 1. The van der Waals surface area contributed by atoms with Gasteiger partial charge in [-0.25, -0.2) is 8.42 Å². The number of β-amino-alcohol motifs (C(OH)–C–C–N with tert-alkyl or cyclic N) is 1. The van der Waals surface area contributed by atoms with Crippen molar-refractivity contribution >= 4 is 21.4 Å². The Bertz CT molecular complexity index is 763. The number of sulfonamides is 1. The van der Waals surface area contributed by atoms with Gasteiger partial charge in [-0.1, -0.05) is 0 Å². The molecule has 2 atom stereocenters. The summed E-state index contributed by atoms with van der Waals surface area (Å²) in [5, 5.41) is 21.0. The summed E-state index contributed by atoms with van der Waals surface area (Å²) in [6.45, 7) is 3.20. The molecule has 1 N–H and O–H groups in total. The van der Waals surface area contributed by atoms with Crippen LogP contribution in [0.1, 0.15) is 13.3 Å². The normalized spacial score (nSPS) is 25.3. The average molecular weight is 371 g/mol. The van der Waals surface area contributed by atoms with E-state index in [-0.39, 0.29) is 29.7 Å². The highest BCUT2D eigenvalue weighted by atomic mass is 32.2. The SMILES string of the molecule is C[C@@H]1C[C@@H](O)CN1c1ccc([N+](=O)[O-])cc1S(=O)(=O)N1CCOCC1. The van der Waals surface area contributed by atoms with Crippen LogP contribution in [-0.2, 0) is 14.8 Å². The van der Waals surface area contributed by atoms with E-state index in [9.17, 15) is 23.6 Å². The second-order valence-electron chi connectivity index (χ2n) is 6.32. The first-order chi connectivity index (χ1) is 11.8. The van der Waals surface area contributed by atoms with E-state index in [1.807, 2.05) is 6.92 Å². The predicted octanol–water partition coefficient (Wildman–Crippen LogP) is 0.575. The van der Waals surface area contributed by atoms with E-state index in [2.05, 4.69) is 0 Å². The lowest BCUT2D eigenvalue weighted by atomic mass is 10.2. The van der Waals surface area contributed by atoms with Crippen LogP contribution in [0.25, 0.3) is 0 Å². The lowest BCUT2D eigenvalue weighted by molar-refractivity contribution is -0.385. The van der Waals surface area contributed by atoms with Crippen LogP contribution in [0.4, 0.5) is 11.4 Å². The zero-order valence-corrected chi connectivity index (χ0v) is 14.7. The Labute approximate surface area is 146 Å². The maximum Gasteiger partial charge on any atom is 0.270 e. The van der Waals surface area contributed by atoms with Gasteiger partial charge in [0, 0.05) is 37.8 Å². The van der Waals surface area contributed by atoms with Crippen LogP contribution in [0, 0.1) is 10.1 Å². The summed E-state index contributed by atoms with van der Waals surface area (Å²) in [7, 11) is -3.90. The Morgan fingerprint density at radius 2 is 2.00 bits per heavy atom. The number of rotatable bonds is 4. The molecule has 10 heteroatoms. The Morgan fingerprint density at radius 1 is 1.32 bits per heavy atom. The zero-order chi connectivity index (χ0) is 18.2. The number of anilines is 1. The fourth-order valence-corrected chi connectivity index (χ4v) is 4.95. The first-order valence-corrected chi connectivity index (χ1v) is 9.56. The molecule has 2 fully saturated rings. The minimum absolute atomic E-state index is 0.0601. The van der Waals surface area contributed by atoms with Gasteiger partial charge in [0.2, 0.25) is 10.0 Å². The van der Waals surface area contributed by atoms with Crippen molar-refractivity contribution in [3.8, 4) is 0 Å². The highest BCUT2D eigenvalue weighted by molar-refractivity contribution is 7.89. The fourth-order valence-electron chi connectivity index (χ4n) is 3.32. The molecule has 2 saturated heterocycles. The first kappa shape index (κ1) is 18.1. The summed E-state index contributed by atoms with van der Waals surface area (Å²) >= 11 is 0. The Kier molecular flexibility index (Phi) is 4.96. The number of aliphatic hydroxyl groups excluding tert-OH is 1. The molecular formula is C15H21N3O6S. The van der Waals surface area contributed by atoms with E-state index in [1.54, 1.807) is 4.90 Å². The Morgan fingerprint density at radius 3 is 2.56 bits per heavy atom.